The average Bonchev–Trinajstić information content (AvgIpc) is 2.63. The third kappa shape index (κ3) is 1.26. The van der Waals surface area contributed by atoms with Gasteiger partial charge in [0.25, 0.3) is 0 Å². The number of aryl methyl sites for hydroxylation is 1. The highest BCUT2D eigenvalue weighted by atomic mass is 79.9. The lowest BCUT2D eigenvalue weighted by Gasteiger charge is -2.01. The molecule has 74 valence electrons. The molecular weight excluding hydrogens is 248 g/mol. The van der Waals surface area contributed by atoms with E-state index in [1.54, 1.807) is 18.0 Å². The highest BCUT2D eigenvalue weighted by Crippen LogP contribution is 2.27. The molecule has 2 heterocycles. The molecule has 0 atom stereocenters. The van der Waals surface area contributed by atoms with Gasteiger partial charge in [0.1, 0.15) is 5.52 Å². The number of rotatable bonds is 2. The monoisotopic (exact) mass is 256 g/mol. The van der Waals surface area contributed by atoms with Gasteiger partial charge >= 0.3 is 0 Å². The van der Waals surface area contributed by atoms with E-state index in [2.05, 4.69) is 31.2 Å². The number of nitrogens with zero attached hydrogens (tertiary/aromatic N) is 4. The van der Waals surface area contributed by atoms with Crippen LogP contribution in [0.15, 0.2) is 10.7 Å². The lowest BCUT2D eigenvalue weighted by molar-refractivity contribution is 0.402. The van der Waals surface area contributed by atoms with Crippen LogP contribution in [0, 0.1) is 0 Å². The third-order valence-corrected chi connectivity index (χ3v) is 2.53. The van der Waals surface area contributed by atoms with E-state index in [1.165, 1.54) is 0 Å². The van der Waals surface area contributed by atoms with Crippen LogP contribution in [0.3, 0.4) is 0 Å². The Morgan fingerprint density at radius 3 is 3.00 bits per heavy atom. The van der Waals surface area contributed by atoms with Crippen LogP contribution in [-0.2, 0) is 6.54 Å². The van der Waals surface area contributed by atoms with E-state index in [1.807, 2.05) is 6.92 Å². The van der Waals surface area contributed by atoms with Gasteiger partial charge in [-0.1, -0.05) is 5.21 Å². The molecule has 6 heteroatoms. The molecule has 0 aliphatic heterocycles. The van der Waals surface area contributed by atoms with E-state index in [9.17, 15) is 0 Å². The number of ether oxygens (including phenoxy) is 1. The molecule has 0 fully saturated rings. The van der Waals surface area contributed by atoms with Crippen LogP contribution in [0.4, 0.5) is 0 Å². The first-order valence-corrected chi connectivity index (χ1v) is 4.99. The molecule has 0 aliphatic rings. The van der Waals surface area contributed by atoms with E-state index < -0.39 is 0 Å². The van der Waals surface area contributed by atoms with E-state index in [-0.39, 0.29) is 0 Å². The minimum absolute atomic E-state index is 0.503. The van der Waals surface area contributed by atoms with Crippen molar-refractivity contribution in [2.24, 2.45) is 0 Å². The Morgan fingerprint density at radius 2 is 2.36 bits per heavy atom. The van der Waals surface area contributed by atoms with Crippen LogP contribution in [0.25, 0.3) is 11.0 Å². The number of fused-ring (bicyclic) bond motifs is 1. The fourth-order valence-corrected chi connectivity index (χ4v) is 1.80. The zero-order valence-corrected chi connectivity index (χ0v) is 9.45. The maximum Gasteiger partial charge on any atom is 0.244 e. The molecule has 0 saturated heterocycles. The van der Waals surface area contributed by atoms with E-state index in [0.29, 0.717) is 11.4 Å². The Bertz CT molecular complexity index is 468. The number of halogens is 1. The summed E-state index contributed by atoms with van der Waals surface area (Å²) < 4.78 is 7.76. The van der Waals surface area contributed by atoms with Gasteiger partial charge in [-0.2, -0.15) is 0 Å². The number of methoxy groups -OCH3 is 1. The highest BCUT2D eigenvalue weighted by molar-refractivity contribution is 9.10. The summed E-state index contributed by atoms with van der Waals surface area (Å²) in [5, 5.41) is 8.02. The van der Waals surface area contributed by atoms with Crippen molar-refractivity contribution in [3.63, 3.8) is 0 Å². The van der Waals surface area contributed by atoms with Crippen LogP contribution in [0.5, 0.6) is 5.88 Å². The Labute approximate surface area is 89.2 Å². The summed E-state index contributed by atoms with van der Waals surface area (Å²) in [6.45, 7) is 2.77. The molecule has 0 N–H and O–H groups in total. The van der Waals surface area contributed by atoms with Crippen LogP contribution < -0.4 is 4.74 Å². The van der Waals surface area contributed by atoms with Crippen molar-refractivity contribution >= 4 is 27.0 Å². The number of aromatic nitrogens is 4. The van der Waals surface area contributed by atoms with Gasteiger partial charge in [0.05, 0.1) is 11.6 Å². The quantitative estimate of drug-likeness (QED) is 0.820. The van der Waals surface area contributed by atoms with Gasteiger partial charge in [0, 0.05) is 12.7 Å². The van der Waals surface area contributed by atoms with E-state index in [0.717, 1.165) is 16.5 Å². The van der Waals surface area contributed by atoms with Crippen molar-refractivity contribution in [3.8, 4) is 5.88 Å². The standard InChI is InChI=1S/C8H9BrN4O/c1-3-13-7-5(9)4-10-8(14-2)6(7)11-12-13/h4H,3H2,1-2H3. The third-order valence-electron chi connectivity index (χ3n) is 1.95. The minimum atomic E-state index is 0.503. The lowest BCUT2D eigenvalue weighted by Crippen LogP contribution is -1.97. The minimum Gasteiger partial charge on any atom is -0.479 e. The topological polar surface area (TPSA) is 52.8 Å². The maximum atomic E-state index is 5.09. The van der Waals surface area contributed by atoms with Gasteiger partial charge in [0.2, 0.25) is 5.88 Å². The first kappa shape index (κ1) is 9.39. The van der Waals surface area contributed by atoms with Crippen molar-refractivity contribution in [1.82, 2.24) is 20.0 Å². The summed E-state index contributed by atoms with van der Waals surface area (Å²) in [7, 11) is 1.57. The Morgan fingerprint density at radius 1 is 1.57 bits per heavy atom. The van der Waals surface area contributed by atoms with Crippen molar-refractivity contribution < 1.29 is 4.74 Å². The second-order valence-corrected chi connectivity index (χ2v) is 3.57. The van der Waals surface area contributed by atoms with Gasteiger partial charge in [-0.3, -0.25) is 0 Å². The van der Waals surface area contributed by atoms with E-state index >= 15 is 0 Å². The largest absolute Gasteiger partial charge is 0.479 e. The smallest absolute Gasteiger partial charge is 0.244 e. The Kier molecular flexibility index (Phi) is 2.37. The molecule has 0 aromatic carbocycles. The van der Waals surface area contributed by atoms with Crippen LogP contribution in [0.2, 0.25) is 0 Å². The Hall–Kier alpha value is -1.17. The predicted octanol–water partition coefficient (Wildman–Crippen LogP) is 1.62. The average molecular weight is 257 g/mol. The molecule has 0 unspecified atom stereocenters. The Balaban J connectivity index is 2.80. The number of pyridine rings is 1. The molecule has 14 heavy (non-hydrogen) atoms. The molecule has 0 amide bonds. The van der Waals surface area contributed by atoms with Gasteiger partial charge in [-0.15, -0.1) is 5.10 Å². The molecule has 5 nitrogen and oxygen atoms in total. The maximum absolute atomic E-state index is 5.09. The SMILES string of the molecule is CCn1nnc2c(OC)ncc(Br)c21. The molecule has 0 aliphatic carbocycles. The zero-order chi connectivity index (χ0) is 10.1. The van der Waals surface area contributed by atoms with Crippen LogP contribution in [-0.4, -0.2) is 27.1 Å². The van der Waals surface area contributed by atoms with Crippen molar-refractivity contribution in [3.05, 3.63) is 10.7 Å². The highest BCUT2D eigenvalue weighted by Gasteiger charge is 2.12. The second kappa shape index (κ2) is 3.53. The first-order chi connectivity index (χ1) is 6.77. The molecule has 2 rings (SSSR count). The van der Waals surface area contributed by atoms with Crippen LogP contribution >= 0.6 is 15.9 Å². The van der Waals surface area contributed by atoms with Crippen LogP contribution in [0.1, 0.15) is 6.92 Å². The molecule has 2 aromatic rings. The van der Waals surface area contributed by atoms with Crippen molar-refractivity contribution in [2.75, 3.05) is 7.11 Å². The normalized spacial score (nSPS) is 10.8. The molecular formula is C8H9BrN4O. The predicted molar refractivity (Wildman–Crippen MR) is 55.2 cm³/mol. The molecule has 0 bridgehead atoms. The first-order valence-electron chi connectivity index (χ1n) is 4.19. The lowest BCUT2D eigenvalue weighted by atomic mass is 10.4. The molecule has 0 radical (unpaired) electrons. The summed E-state index contributed by atoms with van der Waals surface area (Å²) in [6.07, 6.45) is 1.69. The zero-order valence-electron chi connectivity index (χ0n) is 7.86. The molecule has 2 aromatic heterocycles. The van der Waals surface area contributed by atoms with Gasteiger partial charge in [-0.25, -0.2) is 9.67 Å². The van der Waals surface area contributed by atoms with E-state index in [4.69, 9.17) is 4.74 Å². The van der Waals surface area contributed by atoms with Gasteiger partial charge < -0.3 is 4.74 Å². The molecule has 0 spiro atoms. The summed E-state index contributed by atoms with van der Waals surface area (Å²) in [5.41, 5.74) is 1.60. The fraction of sp³-hybridized carbons (Fsp3) is 0.375. The van der Waals surface area contributed by atoms with Crippen molar-refractivity contribution in [1.29, 1.82) is 0 Å². The fourth-order valence-electron chi connectivity index (χ4n) is 1.30. The number of hydrogen-bond donors (Lipinski definition) is 0. The summed E-state index contributed by atoms with van der Waals surface area (Å²) in [6, 6.07) is 0. The summed E-state index contributed by atoms with van der Waals surface area (Å²) in [4.78, 5) is 4.09. The van der Waals surface area contributed by atoms with Crippen molar-refractivity contribution in [2.45, 2.75) is 13.5 Å². The van der Waals surface area contributed by atoms with Gasteiger partial charge in [0.15, 0.2) is 5.52 Å². The molecule has 0 saturated carbocycles. The summed E-state index contributed by atoms with van der Waals surface area (Å²) >= 11 is 3.41. The second-order valence-electron chi connectivity index (χ2n) is 2.72. The summed E-state index contributed by atoms with van der Waals surface area (Å²) in [5.74, 6) is 0.503. The van der Waals surface area contributed by atoms with Gasteiger partial charge in [-0.05, 0) is 22.9 Å². The number of hydrogen-bond acceptors (Lipinski definition) is 4.